The van der Waals surface area contributed by atoms with Crippen molar-refractivity contribution in [1.82, 2.24) is 15.1 Å². The summed E-state index contributed by atoms with van der Waals surface area (Å²) in [7, 11) is 1.79. The van der Waals surface area contributed by atoms with Crippen LogP contribution in [0.3, 0.4) is 0 Å². The van der Waals surface area contributed by atoms with Crippen molar-refractivity contribution >= 4 is 5.91 Å². The molecule has 0 unspecified atom stereocenters. The van der Waals surface area contributed by atoms with Crippen molar-refractivity contribution in [3.8, 4) is 5.75 Å². The van der Waals surface area contributed by atoms with Crippen LogP contribution in [0.5, 0.6) is 5.75 Å². The average molecular weight is 335 g/mol. The largest absolute Gasteiger partial charge is 0.494 e. The first-order valence-electron chi connectivity index (χ1n) is 8.24. The minimum Gasteiger partial charge on any atom is -0.494 e. The summed E-state index contributed by atoms with van der Waals surface area (Å²) in [5.41, 5.74) is 2.55. The SMILES string of the molecule is CCOc1ccc([C@H](NC(=O)c2cnn(C)c2)c2ccccc2)cc1. The average Bonchev–Trinajstić information content (AvgIpc) is 3.08. The topological polar surface area (TPSA) is 56.1 Å². The Morgan fingerprint density at radius 2 is 1.80 bits per heavy atom. The zero-order chi connectivity index (χ0) is 17.6. The van der Waals surface area contributed by atoms with Crippen molar-refractivity contribution in [3.05, 3.63) is 83.7 Å². The van der Waals surface area contributed by atoms with E-state index in [-0.39, 0.29) is 11.9 Å². The predicted molar refractivity (Wildman–Crippen MR) is 96.6 cm³/mol. The molecule has 5 heteroatoms. The molecule has 1 atom stereocenters. The molecule has 3 aromatic rings. The van der Waals surface area contributed by atoms with Gasteiger partial charge in [0.2, 0.25) is 0 Å². The van der Waals surface area contributed by atoms with Gasteiger partial charge in [-0.25, -0.2) is 0 Å². The molecular formula is C20H21N3O2. The fourth-order valence-electron chi connectivity index (χ4n) is 2.68. The lowest BCUT2D eigenvalue weighted by atomic mass is 9.98. The van der Waals surface area contributed by atoms with E-state index in [0.29, 0.717) is 12.2 Å². The van der Waals surface area contributed by atoms with Crippen LogP contribution in [0.4, 0.5) is 0 Å². The van der Waals surface area contributed by atoms with Gasteiger partial charge in [-0.3, -0.25) is 9.48 Å². The van der Waals surface area contributed by atoms with Gasteiger partial charge in [0.1, 0.15) is 5.75 Å². The van der Waals surface area contributed by atoms with Gasteiger partial charge in [-0.05, 0) is 30.2 Å². The number of hydrogen-bond donors (Lipinski definition) is 1. The van der Waals surface area contributed by atoms with Crippen LogP contribution < -0.4 is 10.1 Å². The number of hydrogen-bond acceptors (Lipinski definition) is 3. The Balaban J connectivity index is 1.88. The molecule has 3 rings (SSSR count). The second-order valence-corrected chi connectivity index (χ2v) is 5.72. The number of amides is 1. The van der Waals surface area contributed by atoms with Crippen LogP contribution in [0, 0.1) is 0 Å². The molecule has 128 valence electrons. The second-order valence-electron chi connectivity index (χ2n) is 5.72. The third kappa shape index (κ3) is 4.07. The maximum absolute atomic E-state index is 12.6. The third-order valence-electron chi connectivity index (χ3n) is 3.90. The van der Waals surface area contributed by atoms with E-state index in [2.05, 4.69) is 10.4 Å². The molecule has 1 amide bonds. The molecule has 0 saturated carbocycles. The molecule has 0 spiro atoms. The van der Waals surface area contributed by atoms with Crippen molar-refractivity contribution in [3.63, 3.8) is 0 Å². The van der Waals surface area contributed by atoms with E-state index in [9.17, 15) is 4.79 Å². The van der Waals surface area contributed by atoms with Gasteiger partial charge >= 0.3 is 0 Å². The zero-order valence-electron chi connectivity index (χ0n) is 14.3. The van der Waals surface area contributed by atoms with Gasteiger partial charge in [0.15, 0.2) is 0 Å². The Labute approximate surface area is 147 Å². The minimum atomic E-state index is -0.246. The molecule has 25 heavy (non-hydrogen) atoms. The highest BCUT2D eigenvalue weighted by molar-refractivity contribution is 5.94. The van der Waals surface area contributed by atoms with E-state index < -0.39 is 0 Å². The number of rotatable bonds is 6. The van der Waals surface area contributed by atoms with Crippen LogP contribution in [0.15, 0.2) is 67.0 Å². The molecule has 0 bridgehead atoms. The van der Waals surface area contributed by atoms with E-state index in [1.54, 1.807) is 24.1 Å². The molecule has 0 aliphatic rings. The molecule has 0 aliphatic carbocycles. The van der Waals surface area contributed by atoms with Crippen LogP contribution in [0.1, 0.15) is 34.5 Å². The van der Waals surface area contributed by atoms with Crippen LogP contribution in [0.25, 0.3) is 0 Å². The monoisotopic (exact) mass is 335 g/mol. The van der Waals surface area contributed by atoms with E-state index >= 15 is 0 Å². The summed E-state index contributed by atoms with van der Waals surface area (Å²) in [6, 6.07) is 17.5. The number of benzene rings is 2. The summed E-state index contributed by atoms with van der Waals surface area (Å²) in [4.78, 5) is 12.6. The number of nitrogens with one attached hydrogen (secondary N) is 1. The molecule has 0 fully saturated rings. The molecule has 2 aromatic carbocycles. The van der Waals surface area contributed by atoms with Crippen molar-refractivity contribution in [1.29, 1.82) is 0 Å². The molecule has 1 heterocycles. The normalized spacial score (nSPS) is 11.8. The molecule has 1 N–H and O–H groups in total. The summed E-state index contributed by atoms with van der Waals surface area (Å²) in [6.45, 7) is 2.58. The van der Waals surface area contributed by atoms with Crippen molar-refractivity contribution in [2.75, 3.05) is 6.61 Å². The highest BCUT2D eigenvalue weighted by Gasteiger charge is 2.18. The van der Waals surface area contributed by atoms with Gasteiger partial charge in [0.05, 0.1) is 24.4 Å². The number of nitrogens with zero attached hydrogens (tertiary/aromatic N) is 2. The number of carbonyl (C=O) groups excluding carboxylic acids is 1. The van der Waals surface area contributed by atoms with E-state index in [4.69, 9.17) is 4.74 Å². The Morgan fingerprint density at radius 3 is 2.40 bits per heavy atom. The smallest absolute Gasteiger partial charge is 0.255 e. The number of aryl methyl sites for hydroxylation is 1. The molecule has 0 radical (unpaired) electrons. The minimum absolute atomic E-state index is 0.157. The number of ether oxygens (including phenoxy) is 1. The van der Waals surface area contributed by atoms with Gasteiger partial charge in [0.25, 0.3) is 5.91 Å². The first-order chi connectivity index (χ1) is 12.2. The fourth-order valence-corrected chi connectivity index (χ4v) is 2.68. The Morgan fingerprint density at radius 1 is 1.12 bits per heavy atom. The summed E-state index contributed by atoms with van der Waals surface area (Å²) in [5, 5.41) is 7.16. The fraction of sp³-hybridized carbons (Fsp3) is 0.200. The predicted octanol–water partition coefficient (Wildman–Crippen LogP) is 3.34. The Bertz CT molecular complexity index is 826. The molecule has 1 aromatic heterocycles. The maximum Gasteiger partial charge on any atom is 0.255 e. The van der Waals surface area contributed by atoms with Gasteiger partial charge in [-0.2, -0.15) is 5.10 Å². The first kappa shape index (κ1) is 16.8. The molecule has 0 saturated heterocycles. The summed E-state index contributed by atoms with van der Waals surface area (Å²) in [6.07, 6.45) is 3.27. The lowest BCUT2D eigenvalue weighted by Crippen LogP contribution is -2.29. The molecular weight excluding hydrogens is 314 g/mol. The highest BCUT2D eigenvalue weighted by Crippen LogP contribution is 2.24. The van der Waals surface area contributed by atoms with Gasteiger partial charge < -0.3 is 10.1 Å². The quantitative estimate of drug-likeness (QED) is 0.752. The van der Waals surface area contributed by atoms with Crippen LogP contribution >= 0.6 is 0 Å². The zero-order valence-corrected chi connectivity index (χ0v) is 14.3. The van der Waals surface area contributed by atoms with Crippen LogP contribution in [-0.2, 0) is 7.05 Å². The Hall–Kier alpha value is -3.08. The standard InChI is InChI=1S/C20H21N3O2/c1-3-25-18-11-9-16(10-12-18)19(15-7-5-4-6-8-15)22-20(24)17-13-21-23(2)14-17/h4-14,19H,3H2,1-2H3,(H,22,24)/t19-/m1/s1. The molecule has 5 nitrogen and oxygen atoms in total. The number of aromatic nitrogens is 2. The highest BCUT2D eigenvalue weighted by atomic mass is 16.5. The first-order valence-corrected chi connectivity index (χ1v) is 8.24. The van der Waals surface area contributed by atoms with Crippen molar-refractivity contribution in [2.45, 2.75) is 13.0 Å². The van der Waals surface area contributed by atoms with Gasteiger partial charge in [-0.15, -0.1) is 0 Å². The van der Waals surface area contributed by atoms with E-state index in [1.165, 1.54) is 0 Å². The summed E-state index contributed by atoms with van der Waals surface area (Å²) >= 11 is 0. The summed E-state index contributed by atoms with van der Waals surface area (Å²) in [5.74, 6) is 0.660. The van der Waals surface area contributed by atoms with Crippen LogP contribution in [0.2, 0.25) is 0 Å². The maximum atomic E-state index is 12.6. The van der Waals surface area contributed by atoms with E-state index in [0.717, 1.165) is 16.9 Å². The lowest BCUT2D eigenvalue weighted by Gasteiger charge is -2.20. The van der Waals surface area contributed by atoms with Gasteiger partial charge in [0, 0.05) is 13.2 Å². The lowest BCUT2D eigenvalue weighted by molar-refractivity contribution is 0.0943. The Kier molecular flexibility index (Phi) is 5.14. The van der Waals surface area contributed by atoms with Crippen LogP contribution in [-0.4, -0.2) is 22.3 Å². The van der Waals surface area contributed by atoms with Gasteiger partial charge in [-0.1, -0.05) is 42.5 Å². The third-order valence-corrected chi connectivity index (χ3v) is 3.90. The number of carbonyl (C=O) groups is 1. The van der Waals surface area contributed by atoms with Crippen molar-refractivity contribution < 1.29 is 9.53 Å². The summed E-state index contributed by atoms with van der Waals surface area (Å²) < 4.78 is 7.12. The molecule has 0 aliphatic heterocycles. The van der Waals surface area contributed by atoms with E-state index in [1.807, 2.05) is 61.5 Å². The second kappa shape index (κ2) is 7.66. The van der Waals surface area contributed by atoms with Crippen molar-refractivity contribution in [2.24, 2.45) is 7.05 Å².